The Bertz CT molecular complexity index is 517. The molecule has 0 saturated carbocycles. The summed E-state index contributed by atoms with van der Waals surface area (Å²) >= 11 is 0. The van der Waals surface area contributed by atoms with Gasteiger partial charge in [-0.15, -0.1) is 0 Å². The summed E-state index contributed by atoms with van der Waals surface area (Å²) < 4.78 is 13.1. The summed E-state index contributed by atoms with van der Waals surface area (Å²) in [6.45, 7) is -1.03. The predicted octanol–water partition coefficient (Wildman–Crippen LogP) is -1.18. The Morgan fingerprint density at radius 2 is 1.63 bits per heavy atom. The van der Waals surface area contributed by atoms with E-state index in [1.165, 1.54) is 6.07 Å². The Labute approximate surface area is 108 Å². The zero-order valence-corrected chi connectivity index (χ0v) is 9.93. The van der Waals surface area contributed by atoms with Gasteiger partial charge in [0, 0.05) is 5.69 Å². The molecule has 3 amide bonds. The molecule has 8 heteroatoms. The van der Waals surface area contributed by atoms with Crippen LogP contribution in [0.25, 0.3) is 0 Å². The molecule has 102 valence electrons. The predicted molar refractivity (Wildman–Crippen MR) is 65.1 cm³/mol. The summed E-state index contributed by atoms with van der Waals surface area (Å²) in [5.74, 6) is -3.13. The molecule has 1 rings (SSSR count). The highest BCUT2D eigenvalue weighted by atomic mass is 19.1. The largest absolute Gasteiger partial charge is 0.398 e. The third-order valence-electron chi connectivity index (χ3n) is 2.23. The molecule has 0 atom stereocenters. The van der Waals surface area contributed by atoms with Gasteiger partial charge in [-0.2, -0.15) is 0 Å². The van der Waals surface area contributed by atoms with Crippen LogP contribution in [0.2, 0.25) is 0 Å². The van der Waals surface area contributed by atoms with E-state index in [2.05, 4.69) is 0 Å². The highest BCUT2D eigenvalue weighted by molar-refractivity contribution is 6.02. The van der Waals surface area contributed by atoms with Gasteiger partial charge in [-0.3, -0.25) is 14.4 Å². The number of nitrogens with two attached hydrogens (primary N) is 3. The van der Waals surface area contributed by atoms with E-state index in [1.54, 1.807) is 0 Å². The lowest BCUT2D eigenvalue weighted by molar-refractivity contribution is -0.121. The molecule has 1 aromatic rings. The average molecular weight is 268 g/mol. The van der Waals surface area contributed by atoms with Crippen LogP contribution in [0.15, 0.2) is 18.2 Å². The summed E-state index contributed by atoms with van der Waals surface area (Å²) in [7, 11) is 0. The van der Waals surface area contributed by atoms with Crippen molar-refractivity contribution >= 4 is 23.4 Å². The van der Waals surface area contributed by atoms with Crippen molar-refractivity contribution < 1.29 is 18.8 Å². The number of anilines is 1. The molecule has 0 aliphatic heterocycles. The quantitative estimate of drug-likeness (QED) is 0.580. The normalized spacial score (nSPS) is 9.95. The Kier molecular flexibility index (Phi) is 4.41. The first-order valence-corrected chi connectivity index (χ1v) is 5.22. The molecule has 0 fully saturated rings. The van der Waals surface area contributed by atoms with Gasteiger partial charge in [0.1, 0.15) is 18.9 Å². The Balaban J connectivity index is 3.07. The molecule has 6 N–H and O–H groups in total. The van der Waals surface area contributed by atoms with Crippen molar-refractivity contribution in [3.63, 3.8) is 0 Å². The highest BCUT2D eigenvalue weighted by Gasteiger charge is 2.21. The first-order chi connectivity index (χ1) is 8.81. The van der Waals surface area contributed by atoms with Crippen molar-refractivity contribution in [1.82, 2.24) is 4.90 Å². The molecule has 0 saturated heterocycles. The van der Waals surface area contributed by atoms with E-state index >= 15 is 0 Å². The number of nitrogen functional groups attached to an aromatic ring is 1. The number of nitrogens with zero attached hydrogens (tertiary/aromatic N) is 1. The van der Waals surface area contributed by atoms with Gasteiger partial charge in [0.05, 0.1) is 5.56 Å². The Morgan fingerprint density at radius 3 is 2.11 bits per heavy atom. The molecule has 0 bridgehead atoms. The highest BCUT2D eigenvalue weighted by Crippen LogP contribution is 2.15. The van der Waals surface area contributed by atoms with Crippen LogP contribution < -0.4 is 17.2 Å². The first-order valence-electron chi connectivity index (χ1n) is 5.22. The summed E-state index contributed by atoms with van der Waals surface area (Å²) in [4.78, 5) is 34.6. The van der Waals surface area contributed by atoms with Crippen molar-refractivity contribution in [3.8, 4) is 0 Å². The molecule has 0 heterocycles. The molecular formula is C11H13FN4O3. The van der Waals surface area contributed by atoms with Gasteiger partial charge in [-0.1, -0.05) is 0 Å². The minimum atomic E-state index is -0.829. The van der Waals surface area contributed by atoms with Crippen LogP contribution in [0.4, 0.5) is 10.1 Å². The lowest BCUT2D eigenvalue weighted by Gasteiger charge is -2.20. The standard InChI is InChI=1S/C11H13FN4O3/c12-6-1-2-8(13)7(3-6)11(19)16(4-9(14)17)5-10(15)18/h1-3H,4-5,13H2,(H2,14,17)(H2,15,18). The van der Waals surface area contributed by atoms with Gasteiger partial charge in [0.2, 0.25) is 11.8 Å². The number of carbonyl (C=O) groups is 3. The second-order valence-electron chi connectivity index (χ2n) is 3.83. The fourth-order valence-corrected chi connectivity index (χ4v) is 1.46. The van der Waals surface area contributed by atoms with E-state index < -0.39 is 36.6 Å². The van der Waals surface area contributed by atoms with E-state index in [4.69, 9.17) is 17.2 Å². The zero-order valence-electron chi connectivity index (χ0n) is 9.93. The van der Waals surface area contributed by atoms with Crippen LogP contribution in [0.3, 0.4) is 0 Å². The summed E-state index contributed by atoms with van der Waals surface area (Å²) in [6, 6.07) is 3.19. The molecular weight excluding hydrogens is 255 g/mol. The van der Waals surface area contributed by atoms with Crippen molar-refractivity contribution in [2.75, 3.05) is 18.8 Å². The molecule has 0 aliphatic carbocycles. The van der Waals surface area contributed by atoms with Gasteiger partial charge < -0.3 is 22.1 Å². The maximum absolute atomic E-state index is 13.1. The Hall–Kier alpha value is -2.64. The van der Waals surface area contributed by atoms with Gasteiger partial charge in [-0.05, 0) is 18.2 Å². The Morgan fingerprint density at radius 1 is 1.11 bits per heavy atom. The second-order valence-corrected chi connectivity index (χ2v) is 3.83. The maximum atomic E-state index is 13.1. The van der Waals surface area contributed by atoms with E-state index in [0.717, 1.165) is 17.0 Å². The number of rotatable bonds is 5. The smallest absolute Gasteiger partial charge is 0.256 e. The molecule has 0 radical (unpaired) electrons. The van der Waals surface area contributed by atoms with E-state index in [1.807, 2.05) is 0 Å². The SMILES string of the molecule is NC(=O)CN(CC(N)=O)C(=O)c1cc(F)ccc1N. The number of primary amides is 2. The van der Waals surface area contributed by atoms with Crippen molar-refractivity contribution in [2.24, 2.45) is 11.5 Å². The molecule has 0 spiro atoms. The van der Waals surface area contributed by atoms with Crippen LogP contribution in [-0.4, -0.2) is 35.7 Å². The lowest BCUT2D eigenvalue weighted by Crippen LogP contribution is -2.43. The maximum Gasteiger partial charge on any atom is 0.256 e. The van der Waals surface area contributed by atoms with Gasteiger partial charge in [0.25, 0.3) is 5.91 Å². The third-order valence-corrected chi connectivity index (χ3v) is 2.23. The van der Waals surface area contributed by atoms with E-state index in [0.29, 0.717) is 0 Å². The topological polar surface area (TPSA) is 133 Å². The molecule has 0 aliphatic rings. The van der Waals surface area contributed by atoms with Crippen LogP contribution in [0, 0.1) is 5.82 Å². The number of hydrogen-bond donors (Lipinski definition) is 3. The van der Waals surface area contributed by atoms with Crippen LogP contribution in [-0.2, 0) is 9.59 Å². The molecule has 0 aromatic heterocycles. The fraction of sp³-hybridized carbons (Fsp3) is 0.182. The molecule has 0 unspecified atom stereocenters. The lowest BCUT2D eigenvalue weighted by atomic mass is 10.1. The van der Waals surface area contributed by atoms with Crippen molar-refractivity contribution in [2.45, 2.75) is 0 Å². The minimum Gasteiger partial charge on any atom is -0.398 e. The number of benzene rings is 1. The van der Waals surface area contributed by atoms with Gasteiger partial charge >= 0.3 is 0 Å². The molecule has 19 heavy (non-hydrogen) atoms. The zero-order chi connectivity index (χ0) is 14.6. The van der Waals surface area contributed by atoms with E-state index in [-0.39, 0.29) is 11.3 Å². The van der Waals surface area contributed by atoms with Gasteiger partial charge in [0.15, 0.2) is 0 Å². The minimum absolute atomic E-state index is 0.0188. The molecule has 1 aromatic carbocycles. The second kappa shape index (κ2) is 5.80. The number of amides is 3. The van der Waals surface area contributed by atoms with Crippen LogP contribution in [0.5, 0.6) is 0 Å². The third kappa shape index (κ3) is 3.95. The number of carbonyl (C=O) groups excluding carboxylic acids is 3. The fourth-order valence-electron chi connectivity index (χ4n) is 1.46. The van der Waals surface area contributed by atoms with Crippen molar-refractivity contribution in [3.05, 3.63) is 29.6 Å². The monoisotopic (exact) mass is 268 g/mol. The molecule has 7 nitrogen and oxygen atoms in total. The van der Waals surface area contributed by atoms with Crippen LogP contribution in [0.1, 0.15) is 10.4 Å². The summed E-state index contributed by atoms with van der Waals surface area (Å²) in [6.07, 6.45) is 0. The van der Waals surface area contributed by atoms with Crippen molar-refractivity contribution in [1.29, 1.82) is 0 Å². The van der Waals surface area contributed by atoms with E-state index in [9.17, 15) is 18.8 Å². The first kappa shape index (κ1) is 14.4. The number of halogens is 1. The van der Waals surface area contributed by atoms with Crippen LogP contribution >= 0.6 is 0 Å². The summed E-state index contributed by atoms with van der Waals surface area (Å²) in [5, 5.41) is 0. The number of hydrogen-bond acceptors (Lipinski definition) is 4. The van der Waals surface area contributed by atoms with Gasteiger partial charge in [-0.25, -0.2) is 4.39 Å². The summed E-state index contributed by atoms with van der Waals surface area (Å²) in [5.41, 5.74) is 15.3. The average Bonchev–Trinajstić information content (AvgIpc) is 2.29.